The summed E-state index contributed by atoms with van der Waals surface area (Å²) in [6.07, 6.45) is 2.62. The number of rotatable bonds is 5. The molecule has 0 bridgehead atoms. The summed E-state index contributed by atoms with van der Waals surface area (Å²) < 4.78 is 0. The van der Waals surface area contributed by atoms with E-state index in [0.29, 0.717) is 5.92 Å². The van der Waals surface area contributed by atoms with Gasteiger partial charge in [-0.1, -0.05) is 67.6 Å². The van der Waals surface area contributed by atoms with E-state index in [4.69, 9.17) is 0 Å². The summed E-state index contributed by atoms with van der Waals surface area (Å²) in [5, 5.41) is 0. The van der Waals surface area contributed by atoms with Gasteiger partial charge in [0.1, 0.15) is 0 Å². The first-order valence-electron chi connectivity index (χ1n) is 8.19. The minimum atomic E-state index is 0. The van der Waals surface area contributed by atoms with Crippen LogP contribution in [0.4, 0.5) is 0 Å². The van der Waals surface area contributed by atoms with Crippen LogP contribution in [0, 0.1) is 5.92 Å². The normalized spacial score (nSPS) is 18.4. The molecule has 118 valence electrons. The van der Waals surface area contributed by atoms with E-state index in [9.17, 15) is 0 Å². The molecular weight excluding hydrogens is 290 g/mol. The standard InChI is InChI=1S/C20H25N.ClH/c1-2-21-14-13-17(16-21)15-20(18-9-5-3-6-10-18)19-11-7-4-8-12-19;/h3-12,17,20H,2,13-16H2,1H3;1H. The Morgan fingerprint density at radius 1 is 0.955 bits per heavy atom. The van der Waals surface area contributed by atoms with E-state index in [1.165, 1.54) is 43.6 Å². The van der Waals surface area contributed by atoms with Crippen LogP contribution in [0.15, 0.2) is 60.7 Å². The summed E-state index contributed by atoms with van der Waals surface area (Å²) in [7, 11) is 0. The van der Waals surface area contributed by atoms with Crippen molar-refractivity contribution in [1.82, 2.24) is 4.90 Å². The molecule has 0 aliphatic carbocycles. The van der Waals surface area contributed by atoms with E-state index in [0.717, 1.165) is 5.92 Å². The van der Waals surface area contributed by atoms with E-state index < -0.39 is 0 Å². The Bertz CT molecular complexity index is 501. The second kappa shape index (κ2) is 8.36. The van der Waals surface area contributed by atoms with Gasteiger partial charge >= 0.3 is 0 Å². The molecule has 2 heteroatoms. The maximum Gasteiger partial charge on any atom is 0.00924 e. The summed E-state index contributed by atoms with van der Waals surface area (Å²) in [5.74, 6) is 1.37. The second-order valence-electron chi connectivity index (χ2n) is 6.16. The number of likely N-dealkylation sites (tertiary alicyclic amines) is 1. The maximum atomic E-state index is 2.58. The molecule has 0 N–H and O–H groups in total. The van der Waals surface area contributed by atoms with Crippen molar-refractivity contribution in [3.63, 3.8) is 0 Å². The Morgan fingerprint density at radius 2 is 1.50 bits per heavy atom. The zero-order chi connectivity index (χ0) is 14.5. The van der Waals surface area contributed by atoms with Gasteiger partial charge in [0.2, 0.25) is 0 Å². The van der Waals surface area contributed by atoms with Crippen molar-refractivity contribution in [3.05, 3.63) is 71.8 Å². The number of hydrogen-bond acceptors (Lipinski definition) is 1. The Kier molecular flexibility index (Phi) is 6.48. The van der Waals surface area contributed by atoms with Gasteiger partial charge in [-0.15, -0.1) is 12.4 Å². The van der Waals surface area contributed by atoms with Crippen molar-refractivity contribution in [2.75, 3.05) is 19.6 Å². The molecule has 1 fully saturated rings. The van der Waals surface area contributed by atoms with Crippen molar-refractivity contribution in [2.45, 2.75) is 25.7 Å². The van der Waals surface area contributed by atoms with E-state index in [-0.39, 0.29) is 12.4 Å². The van der Waals surface area contributed by atoms with Crippen LogP contribution < -0.4 is 0 Å². The molecule has 1 unspecified atom stereocenters. The average Bonchev–Trinajstić information content (AvgIpc) is 3.02. The molecule has 0 aromatic heterocycles. The van der Waals surface area contributed by atoms with Crippen molar-refractivity contribution in [2.24, 2.45) is 5.92 Å². The highest BCUT2D eigenvalue weighted by molar-refractivity contribution is 5.85. The Morgan fingerprint density at radius 3 is 1.95 bits per heavy atom. The minimum absolute atomic E-state index is 0. The molecule has 1 atom stereocenters. The fourth-order valence-corrected chi connectivity index (χ4v) is 3.56. The molecule has 1 saturated heterocycles. The largest absolute Gasteiger partial charge is 0.303 e. The quantitative estimate of drug-likeness (QED) is 0.752. The van der Waals surface area contributed by atoms with E-state index in [2.05, 4.69) is 72.5 Å². The first-order valence-corrected chi connectivity index (χ1v) is 8.19. The molecule has 2 aromatic carbocycles. The number of nitrogens with zero attached hydrogens (tertiary/aromatic N) is 1. The number of hydrogen-bond donors (Lipinski definition) is 0. The monoisotopic (exact) mass is 315 g/mol. The predicted molar refractivity (Wildman–Crippen MR) is 96.8 cm³/mol. The molecule has 0 saturated carbocycles. The molecule has 0 spiro atoms. The van der Waals surface area contributed by atoms with Gasteiger partial charge in [-0.25, -0.2) is 0 Å². The molecule has 22 heavy (non-hydrogen) atoms. The third kappa shape index (κ3) is 4.12. The fraction of sp³-hybridized carbons (Fsp3) is 0.400. The van der Waals surface area contributed by atoms with Crippen LogP contribution in [0.3, 0.4) is 0 Å². The lowest BCUT2D eigenvalue weighted by Gasteiger charge is -2.22. The van der Waals surface area contributed by atoms with Crippen molar-refractivity contribution >= 4 is 12.4 Å². The van der Waals surface area contributed by atoms with E-state index in [1.54, 1.807) is 0 Å². The lowest BCUT2D eigenvalue weighted by Crippen LogP contribution is -2.20. The van der Waals surface area contributed by atoms with Crippen LogP contribution in [0.5, 0.6) is 0 Å². The molecule has 1 aliphatic heterocycles. The summed E-state index contributed by atoms with van der Waals surface area (Å²) in [6, 6.07) is 22.0. The summed E-state index contributed by atoms with van der Waals surface area (Å²) in [4.78, 5) is 2.58. The number of halogens is 1. The maximum absolute atomic E-state index is 2.58. The Balaban J connectivity index is 0.00000176. The highest BCUT2D eigenvalue weighted by atomic mass is 35.5. The lowest BCUT2D eigenvalue weighted by atomic mass is 9.83. The van der Waals surface area contributed by atoms with Crippen LogP contribution in [0.1, 0.15) is 36.8 Å². The van der Waals surface area contributed by atoms with Gasteiger partial charge in [-0.05, 0) is 43.0 Å². The second-order valence-corrected chi connectivity index (χ2v) is 6.16. The molecule has 1 aliphatic rings. The summed E-state index contributed by atoms with van der Waals surface area (Å²) in [6.45, 7) is 6.01. The van der Waals surface area contributed by atoms with Gasteiger partial charge in [-0.3, -0.25) is 0 Å². The molecular formula is C20H26ClN. The molecule has 0 amide bonds. The van der Waals surface area contributed by atoms with Gasteiger partial charge in [0.15, 0.2) is 0 Å². The predicted octanol–water partition coefficient (Wildman–Crippen LogP) is 4.97. The first kappa shape index (κ1) is 17.1. The highest BCUT2D eigenvalue weighted by Gasteiger charge is 2.25. The van der Waals surface area contributed by atoms with Gasteiger partial charge in [-0.2, -0.15) is 0 Å². The minimum Gasteiger partial charge on any atom is -0.303 e. The van der Waals surface area contributed by atoms with Crippen LogP contribution in [0.25, 0.3) is 0 Å². The topological polar surface area (TPSA) is 3.24 Å². The van der Waals surface area contributed by atoms with Gasteiger partial charge in [0.05, 0.1) is 0 Å². The van der Waals surface area contributed by atoms with Crippen LogP contribution in [0.2, 0.25) is 0 Å². The summed E-state index contributed by atoms with van der Waals surface area (Å²) in [5.41, 5.74) is 2.91. The average molecular weight is 316 g/mol. The van der Waals surface area contributed by atoms with Crippen LogP contribution in [-0.4, -0.2) is 24.5 Å². The van der Waals surface area contributed by atoms with Crippen molar-refractivity contribution in [3.8, 4) is 0 Å². The summed E-state index contributed by atoms with van der Waals surface area (Å²) >= 11 is 0. The van der Waals surface area contributed by atoms with Crippen LogP contribution >= 0.6 is 12.4 Å². The molecule has 2 aromatic rings. The van der Waals surface area contributed by atoms with Crippen molar-refractivity contribution in [1.29, 1.82) is 0 Å². The first-order chi connectivity index (χ1) is 10.4. The smallest absolute Gasteiger partial charge is 0.00924 e. The molecule has 1 heterocycles. The molecule has 3 rings (SSSR count). The zero-order valence-corrected chi connectivity index (χ0v) is 14.1. The molecule has 0 radical (unpaired) electrons. The highest BCUT2D eigenvalue weighted by Crippen LogP contribution is 2.34. The SMILES string of the molecule is CCN1CCC(CC(c2ccccc2)c2ccccc2)C1.Cl. The number of benzene rings is 2. The Labute approximate surface area is 140 Å². The van der Waals surface area contributed by atoms with Gasteiger partial charge in [0.25, 0.3) is 0 Å². The third-order valence-corrected chi connectivity index (χ3v) is 4.79. The Hall–Kier alpha value is -1.31. The molecule has 1 nitrogen and oxygen atoms in total. The van der Waals surface area contributed by atoms with Crippen molar-refractivity contribution < 1.29 is 0 Å². The van der Waals surface area contributed by atoms with E-state index >= 15 is 0 Å². The van der Waals surface area contributed by atoms with Gasteiger partial charge in [0, 0.05) is 12.5 Å². The van der Waals surface area contributed by atoms with Gasteiger partial charge < -0.3 is 4.90 Å². The zero-order valence-electron chi connectivity index (χ0n) is 13.3. The van der Waals surface area contributed by atoms with E-state index in [1.807, 2.05) is 0 Å². The third-order valence-electron chi connectivity index (χ3n) is 4.79. The fourth-order valence-electron chi connectivity index (χ4n) is 3.56. The lowest BCUT2D eigenvalue weighted by molar-refractivity contribution is 0.335. The van der Waals surface area contributed by atoms with Crippen LogP contribution in [-0.2, 0) is 0 Å².